The second-order valence-corrected chi connectivity index (χ2v) is 8.23. The minimum atomic E-state index is -3.81. The van der Waals surface area contributed by atoms with E-state index in [0.717, 1.165) is 24.0 Å². The smallest absolute Gasteiger partial charge is 0.261 e. The lowest BCUT2D eigenvalue weighted by Gasteiger charge is -2.20. The average Bonchev–Trinajstić information content (AvgIpc) is 3.08. The molecule has 1 aliphatic rings. The first kappa shape index (κ1) is 19.2. The predicted octanol–water partition coefficient (Wildman–Crippen LogP) is 3.49. The van der Waals surface area contributed by atoms with E-state index in [1.54, 1.807) is 11.0 Å². The lowest BCUT2D eigenvalue weighted by Crippen LogP contribution is -2.25. The molecule has 0 aromatic heterocycles. The van der Waals surface area contributed by atoms with Crippen LogP contribution in [0.4, 0.5) is 11.4 Å². The predicted molar refractivity (Wildman–Crippen MR) is 106 cm³/mol. The highest BCUT2D eigenvalue weighted by molar-refractivity contribution is 7.92. The van der Waals surface area contributed by atoms with Crippen molar-refractivity contribution in [3.8, 4) is 5.75 Å². The molecule has 2 aromatic rings. The summed E-state index contributed by atoms with van der Waals surface area (Å²) in [6.45, 7) is 4.42. The SMILES string of the molecule is CCc1cccc(C)c1NS(=O)(=O)c1ccc(OC)c(N2CCCC2=O)c1. The largest absolute Gasteiger partial charge is 0.495 e. The van der Waals surface area contributed by atoms with Crippen molar-refractivity contribution < 1.29 is 17.9 Å². The van der Waals surface area contributed by atoms with E-state index < -0.39 is 10.0 Å². The van der Waals surface area contributed by atoms with Crippen LogP contribution in [0.3, 0.4) is 0 Å². The van der Waals surface area contributed by atoms with Gasteiger partial charge in [-0.25, -0.2) is 8.42 Å². The van der Waals surface area contributed by atoms with Gasteiger partial charge in [0.05, 0.1) is 23.4 Å². The summed E-state index contributed by atoms with van der Waals surface area (Å²) >= 11 is 0. The van der Waals surface area contributed by atoms with E-state index in [9.17, 15) is 13.2 Å². The maximum Gasteiger partial charge on any atom is 0.261 e. The van der Waals surface area contributed by atoms with Crippen molar-refractivity contribution in [3.05, 3.63) is 47.5 Å². The maximum absolute atomic E-state index is 13.0. The molecule has 1 amide bonds. The number of carbonyl (C=O) groups excluding carboxylic acids is 1. The molecule has 0 bridgehead atoms. The molecule has 144 valence electrons. The molecule has 2 aromatic carbocycles. The Labute approximate surface area is 160 Å². The Hall–Kier alpha value is -2.54. The van der Waals surface area contributed by atoms with E-state index in [2.05, 4.69) is 4.72 Å². The van der Waals surface area contributed by atoms with Crippen molar-refractivity contribution in [2.24, 2.45) is 0 Å². The first-order valence-electron chi connectivity index (χ1n) is 8.97. The highest BCUT2D eigenvalue weighted by atomic mass is 32.2. The fourth-order valence-electron chi connectivity index (χ4n) is 3.31. The van der Waals surface area contributed by atoms with Crippen LogP contribution < -0.4 is 14.4 Å². The standard InChI is InChI=1S/C20H24N2O4S/c1-4-15-8-5-7-14(2)20(15)21-27(24,25)16-10-11-18(26-3)17(13-16)22-12-6-9-19(22)23/h5,7-8,10-11,13,21H,4,6,9,12H2,1-3H3. The van der Waals surface area contributed by atoms with E-state index in [1.807, 2.05) is 32.0 Å². The van der Waals surface area contributed by atoms with E-state index in [1.165, 1.54) is 19.2 Å². The van der Waals surface area contributed by atoms with Crippen LogP contribution >= 0.6 is 0 Å². The fraction of sp³-hybridized carbons (Fsp3) is 0.350. The topological polar surface area (TPSA) is 75.7 Å². The molecule has 6 nitrogen and oxygen atoms in total. The third kappa shape index (κ3) is 3.78. The summed E-state index contributed by atoms with van der Waals surface area (Å²) in [4.78, 5) is 13.8. The number of ether oxygens (including phenoxy) is 1. The van der Waals surface area contributed by atoms with Crippen LogP contribution in [-0.4, -0.2) is 28.0 Å². The lowest BCUT2D eigenvalue weighted by atomic mass is 10.1. The highest BCUT2D eigenvalue weighted by Gasteiger charge is 2.27. The molecule has 1 saturated heterocycles. The fourth-order valence-corrected chi connectivity index (χ4v) is 4.51. The van der Waals surface area contributed by atoms with Gasteiger partial charge in [0, 0.05) is 13.0 Å². The Kier molecular flexibility index (Phi) is 5.41. The monoisotopic (exact) mass is 388 g/mol. The summed E-state index contributed by atoms with van der Waals surface area (Å²) in [5.74, 6) is 0.456. The second kappa shape index (κ2) is 7.60. The van der Waals surface area contributed by atoms with Gasteiger partial charge in [0.25, 0.3) is 10.0 Å². The van der Waals surface area contributed by atoms with E-state index in [0.29, 0.717) is 30.1 Å². The number of rotatable bonds is 6. The Morgan fingerprint density at radius 3 is 2.63 bits per heavy atom. The molecule has 0 radical (unpaired) electrons. The van der Waals surface area contributed by atoms with Gasteiger partial charge in [0.15, 0.2) is 0 Å². The Morgan fingerprint density at radius 2 is 2.00 bits per heavy atom. The first-order valence-corrected chi connectivity index (χ1v) is 10.5. The number of hydrogen-bond acceptors (Lipinski definition) is 4. The van der Waals surface area contributed by atoms with E-state index >= 15 is 0 Å². The summed E-state index contributed by atoms with van der Waals surface area (Å²) in [5.41, 5.74) is 2.89. The number of sulfonamides is 1. The number of nitrogens with one attached hydrogen (secondary N) is 1. The summed E-state index contributed by atoms with van der Waals surface area (Å²) in [7, 11) is -2.30. The molecule has 1 aliphatic heterocycles. The zero-order chi connectivity index (χ0) is 19.6. The first-order chi connectivity index (χ1) is 12.9. The third-order valence-corrected chi connectivity index (χ3v) is 6.15. The molecule has 0 atom stereocenters. The summed E-state index contributed by atoms with van der Waals surface area (Å²) < 4.78 is 34.1. The molecule has 0 aliphatic carbocycles. The second-order valence-electron chi connectivity index (χ2n) is 6.55. The van der Waals surface area contributed by atoms with Crippen LogP contribution in [-0.2, 0) is 21.2 Å². The molecule has 3 rings (SSSR count). The van der Waals surface area contributed by atoms with Crippen molar-refractivity contribution in [1.29, 1.82) is 0 Å². The van der Waals surface area contributed by atoms with Gasteiger partial charge >= 0.3 is 0 Å². The molecule has 1 N–H and O–H groups in total. The summed E-state index contributed by atoms with van der Waals surface area (Å²) in [6.07, 6.45) is 1.93. The van der Waals surface area contributed by atoms with Crippen LogP contribution in [0.1, 0.15) is 30.9 Å². The molecular weight excluding hydrogens is 364 g/mol. The van der Waals surface area contributed by atoms with Gasteiger partial charge < -0.3 is 9.64 Å². The average molecular weight is 388 g/mol. The van der Waals surface area contributed by atoms with Crippen molar-refractivity contribution in [2.45, 2.75) is 38.0 Å². The molecular formula is C20H24N2O4S. The molecule has 1 heterocycles. The van der Waals surface area contributed by atoms with Crippen molar-refractivity contribution in [2.75, 3.05) is 23.3 Å². The molecule has 27 heavy (non-hydrogen) atoms. The lowest BCUT2D eigenvalue weighted by molar-refractivity contribution is -0.117. The van der Waals surface area contributed by atoms with Gasteiger partial charge in [-0.3, -0.25) is 9.52 Å². The van der Waals surface area contributed by atoms with E-state index in [4.69, 9.17) is 4.74 Å². The molecule has 0 saturated carbocycles. The minimum absolute atomic E-state index is 0.0250. The van der Waals surface area contributed by atoms with Crippen LogP contribution in [0, 0.1) is 6.92 Å². The number of methoxy groups -OCH3 is 1. The number of nitrogens with zero attached hydrogens (tertiary/aromatic N) is 1. The maximum atomic E-state index is 13.0. The van der Waals surface area contributed by atoms with Gasteiger partial charge in [-0.2, -0.15) is 0 Å². The van der Waals surface area contributed by atoms with Gasteiger partial charge in [0.1, 0.15) is 5.75 Å². The molecule has 0 unspecified atom stereocenters. The number of benzene rings is 2. The number of carbonyl (C=O) groups is 1. The number of aryl methyl sites for hydroxylation is 2. The minimum Gasteiger partial charge on any atom is -0.495 e. The van der Waals surface area contributed by atoms with Gasteiger partial charge in [-0.15, -0.1) is 0 Å². The number of para-hydroxylation sites is 1. The zero-order valence-electron chi connectivity index (χ0n) is 15.8. The molecule has 0 spiro atoms. The Balaban J connectivity index is 2.02. The highest BCUT2D eigenvalue weighted by Crippen LogP contribution is 2.34. The van der Waals surface area contributed by atoms with Gasteiger partial charge in [-0.05, 0) is 49.1 Å². The van der Waals surface area contributed by atoms with Crippen molar-refractivity contribution in [1.82, 2.24) is 0 Å². The zero-order valence-corrected chi connectivity index (χ0v) is 16.6. The number of anilines is 2. The van der Waals surface area contributed by atoms with Gasteiger partial charge in [0.2, 0.25) is 5.91 Å². The van der Waals surface area contributed by atoms with Crippen LogP contribution in [0.25, 0.3) is 0 Å². The molecule has 1 fully saturated rings. The van der Waals surface area contributed by atoms with Crippen LogP contribution in [0.2, 0.25) is 0 Å². The number of hydrogen-bond donors (Lipinski definition) is 1. The summed E-state index contributed by atoms with van der Waals surface area (Å²) in [5, 5.41) is 0. The van der Waals surface area contributed by atoms with Gasteiger partial charge in [-0.1, -0.05) is 25.1 Å². The Bertz CT molecular complexity index is 970. The Morgan fingerprint density at radius 1 is 1.22 bits per heavy atom. The van der Waals surface area contributed by atoms with Crippen LogP contribution in [0.5, 0.6) is 5.75 Å². The van der Waals surface area contributed by atoms with Crippen molar-refractivity contribution in [3.63, 3.8) is 0 Å². The summed E-state index contributed by atoms with van der Waals surface area (Å²) in [6, 6.07) is 10.3. The van der Waals surface area contributed by atoms with Crippen LogP contribution in [0.15, 0.2) is 41.3 Å². The normalized spacial score (nSPS) is 14.5. The quantitative estimate of drug-likeness (QED) is 0.822. The van der Waals surface area contributed by atoms with Crippen molar-refractivity contribution >= 4 is 27.3 Å². The number of amides is 1. The third-order valence-electron chi connectivity index (χ3n) is 4.80. The molecule has 7 heteroatoms. The van der Waals surface area contributed by atoms with E-state index in [-0.39, 0.29) is 10.8 Å².